The van der Waals surface area contributed by atoms with Crippen LogP contribution < -0.4 is 10.6 Å². The monoisotopic (exact) mass is 258 g/mol. The molecule has 0 aromatic heterocycles. The van der Waals surface area contributed by atoms with Crippen molar-refractivity contribution < 1.29 is 9.59 Å². The van der Waals surface area contributed by atoms with Gasteiger partial charge in [-0.3, -0.25) is 10.1 Å². The molecule has 2 rings (SSSR count). The van der Waals surface area contributed by atoms with Crippen LogP contribution in [-0.4, -0.2) is 23.9 Å². The van der Waals surface area contributed by atoms with Gasteiger partial charge in [0.05, 0.1) is 0 Å². The van der Waals surface area contributed by atoms with Crippen molar-refractivity contribution in [1.82, 2.24) is 10.6 Å². The van der Waals surface area contributed by atoms with Gasteiger partial charge in [0.25, 0.3) is 0 Å². The van der Waals surface area contributed by atoms with Crippen LogP contribution in [0.5, 0.6) is 0 Å². The lowest BCUT2D eigenvalue weighted by Gasteiger charge is -2.28. The van der Waals surface area contributed by atoms with Crippen LogP contribution in [0.4, 0.5) is 4.79 Å². The van der Waals surface area contributed by atoms with Crippen molar-refractivity contribution >= 4 is 23.5 Å². The van der Waals surface area contributed by atoms with E-state index in [0.717, 1.165) is 11.8 Å². The highest BCUT2D eigenvalue weighted by molar-refractivity contribution is 6.28. The molecule has 0 radical (unpaired) electrons. The fourth-order valence-corrected chi connectivity index (χ4v) is 3.48. The highest BCUT2D eigenvalue weighted by atomic mass is 35.5. The molecule has 2 bridgehead atoms. The second kappa shape index (κ2) is 5.25. The van der Waals surface area contributed by atoms with Crippen molar-refractivity contribution in [2.24, 2.45) is 17.8 Å². The first-order valence-electron chi connectivity index (χ1n) is 6.26. The zero-order valence-electron chi connectivity index (χ0n) is 10.0. The molecular formula is C12H19ClN2O2. The maximum absolute atomic E-state index is 11.5. The summed E-state index contributed by atoms with van der Waals surface area (Å²) in [6, 6.07) is -0.292. The van der Waals surface area contributed by atoms with Gasteiger partial charge in [-0.25, -0.2) is 4.79 Å². The minimum Gasteiger partial charge on any atom is -0.335 e. The minimum atomic E-state index is -0.454. The molecule has 2 N–H and O–H groups in total. The van der Waals surface area contributed by atoms with Crippen LogP contribution in [0, 0.1) is 17.8 Å². The zero-order valence-corrected chi connectivity index (χ0v) is 10.8. The number of carbonyl (C=O) groups excluding carboxylic acids is 2. The number of rotatable bonds is 3. The van der Waals surface area contributed by atoms with Crippen molar-refractivity contribution in [2.75, 3.05) is 5.88 Å². The quantitative estimate of drug-likeness (QED) is 0.760. The number of alkyl halides is 1. The van der Waals surface area contributed by atoms with Crippen molar-refractivity contribution in [1.29, 1.82) is 0 Å². The van der Waals surface area contributed by atoms with Crippen molar-refractivity contribution in [3.8, 4) is 0 Å². The number of imide groups is 1. The lowest BCUT2D eigenvalue weighted by molar-refractivity contribution is -0.117. The molecule has 0 spiro atoms. The number of amides is 3. The first-order chi connectivity index (χ1) is 8.10. The molecule has 0 aromatic rings. The van der Waals surface area contributed by atoms with Crippen LogP contribution >= 0.6 is 11.6 Å². The Morgan fingerprint density at radius 3 is 2.65 bits per heavy atom. The van der Waals surface area contributed by atoms with Gasteiger partial charge in [0.15, 0.2) is 0 Å². The molecule has 96 valence electrons. The van der Waals surface area contributed by atoms with Gasteiger partial charge < -0.3 is 5.32 Å². The minimum absolute atomic E-state index is 0.133. The van der Waals surface area contributed by atoms with E-state index in [1.54, 1.807) is 0 Å². The van der Waals surface area contributed by atoms with Crippen molar-refractivity contribution in [3.05, 3.63) is 0 Å². The third-order valence-electron chi connectivity index (χ3n) is 4.17. The zero-order chi connectivity index (χ0) is 12.4. The van der Waals surface area contributed by atoms with Gasteiger partial charge in [0.1, 0.15) is 5.88 Å². The SMILES string of the molecule is C[C@@H](NC(=O)NC(=O)CCl)[C@H]1C[C@@H]2CC[C@@H]1C2. The summed E-state index contributed by atoms with van der Waals surface area (Å²) in [5.41, 5.74) is 0. The van der Waals surface area contributed by atoms with Gasteiger partial charge in [0.2, 0.25) is 5.91 Å². The largest absolute Gasteiger partial charge is 0.335 e. The number of carbonyl (C=O) groups is 2. The predicted octanol–water partition coefficient (Wildman–Crippen LogP) is 1.88. The third-order valence-corrected chi connectivity index (χ3v) is 4.41. The Labute approximate surface area is 106 Å². The van der Waals surface area contributed by atoms with Gasteiger partial charge in [-0.05, 0) is 43.9 Å². The number of hydrogen-bond acceptors (Lipinski definition) is 2. The summed E-state index contributed by atoms with van der Waals surface area (Å²) < 4.78 is 0. The maximum atomic E-state index is 11.5. The molecule has 3 amide bonds. The summed E-state index contributed by atoms with van der Waals surface area (Å²) in [5, 5.41) is 5.05. The maximum Gasteiger partial charge on any atom is 0.321 e. The molecule has 4 nitrogen and oxygen atoms in total. The molecule has 0 saturated heterocycles. The van der Waals surface area contributed by atoms with Crippen LogP contribution in [-0.2, 0) is 4.79 Å². The molecule has 17 heavy (non-hydrogen) atoms. The molecule has 2 aliphatic carbocycles. The molecule has 0 heterocycles. The van der Waals surface area contributed by atoms with Crippen LogP contribution in [0.15, 0.2) is 0 Å². The second-order valence-corrected chi connectivity index (χ2v) is 5.55. The Morgan fingerprint density at radius 1 is 1.35 bits per heavy atom. The Balaban J connectivity index is 1.79. The Hall–Kier alpha value is -0.770. The summed E-state index contributed by atoms with van der Waals surface area (Å²) in [4.78, 5) is 22.4. The molecule has 0 unspecified atom stereocenters. The molecule has 2 saturated carbocycles. The van der Waals surface area contributed by atoms with Crippen LogP contribution in [0.3, 0.4) is 0 Å². The summed E-state index contributed by atoms with van der Waals surface area (Å²) >= 11 is 5.32. The standard InChI is InChI=1S/C12H19ClN2O2/c1-7(14-12(17)15-11(16)6-13)10-5-8-2-3-9(10)4-8/h7-10H,2-6H2,1H3,(H2,14,15,16,17)/t7-,8-,9-,10-/m1/s1. The first-order valence-corrected chi connectivity index (χ1v) is 6.80. The van der Waals surface area contributed by atoms with Gasteiger partial charge in [-0.15, -0.1) is 11.6 Å². The smallest absolute Gasteiger partial charge is 0.321 e. The van der Waals surface area contributed by atoms with E-state index < -0.39 is 11.9 Å². The van der Waals surface area contributed by atoms with E-state index in [0.29, 0.717) is 5.92 Å². The van der Waals surface area contributed by atoms with Crippen LogP contribution in [0.25, 0.3) is 0 Å². The van der Waals surface area contributed by atoms with Gasteiger partial charge in [0, 0.05) is 6.04 Å². The van der Waals surface area contributed by atoms with Crippen LogP contribution in [0.2, 0.25) is 0 Å². The second-order valence-electron chi connectivity index (χ2n) is 5.28. The van der Waals surface area contributed by atoms with Crippen molar-refractivity contribution in [2.45, 2.75) is 38.6 Å². The molecule has 2 aliphatic rings. The average Bonchev–Trinajstić information content (AvgIpc) is 2.90. The number of hydrogen-bond donors (Lipinski definition) is 2. The summed E-state index contributed by atoms with van der Waals surface area (Å²) in [5.74, 6) is 1.56. The molecule has 5 heteroatoms. The van der Waals surface area contributed by atoms with Gasteiger partial charge in [-0.1, -0.05) is 6.42 Å². The fourth-order valence-electron chi connectivity index (χ4n) is 3.42. The van der Waals surface area contributed by atoms with E-state index in [2.05, 4.69) is 10.6 Å². The summed E-state index contributed by atoms with van der Waals surface area (Å²) in [6.45, 7) is 2.02. The summed E-state index contributed by atoms with van der Waals surface area (Å²) in [7, 11) is 0. The summed E-state index contributed by atoms with van der Waals surface area (Å²) in [6.07, 6.45) is 5.18. The van der Waals surface area contributed by atoms with E-state index in [1.165, 1.54) is 25.7 Å². The first kappa shape index (κ1) is 12.7. The van der Waals surface area contributed by atoms with E-state index in [4.69, 9.17) is 11.6 Å². The van der Waals surface area contributed by atoms with Crippen LogP contribution in [0.1, 0.15) is 32.6 Å². The molecule has 2 fully saturated rings. The normalized spacial score (nSPS) is 32.2. The van der Waals surface area contributed by atoms with E-state index in [-0.39, 0.29) is 11.9 Å². The lowest BCUT2D eigenvalue weighted by atomic mass is 9.84. The average molecular weight is 259 g/mol. The van der Waals surface area contributed by atoms with Gasteiger partial charge >= 0.3 is 6.03 Å². The molecule has 0 aromatic carbocycles. The highest BCUT2D eigenvalue weighted by Crippen LogP contribution is 2.49. The fraction of sp³-hybridized carbons (Fsp3) is 0.833. The molecule has 0 aliphatic heterocycles. The number of urea groups is 1. The number of halogens is 1. The third kappa shape index (κ3) is 2.92. The number of nitrogens with one attached hydrogen (secondary N) is 2. The van der Waals surface area contributed by atoms with E-state index in [9.17, 15) is 9.59 Å². The van der Waals surface area contributed by atoms with E-state index in [1.807, 2.05) is 6.92 Å². The molecule has 4 atom stereocenters. The predicted molar refractivity (Wildman–Crippen MR) is 65.8 cm³/mol. The lowest BCUT2D eigenvalue weighted by Crippen LogP contribution is -2.47. The van der Waals surface area contributed by atoms with Gasteiger partial charge in [-0.2, -0.15) is 0 Å². The number of fused-ring (bicyclic) bond motifs is 2. The molecular weight excluding hydrogens is 240 g/mol. The highest BCUT2D eigenvalue weighted by Gasteiger charge is 2.42. The Morgan fingerprint density at radius 2 is 2.12 bits per heavy atom. The Kier molecular flexibility index (Phi) is 3.92. The van der Waals surface area contributed by atoms with E-state index >= 15 is 0 Å². The Bertz CT molecular complexity index is 322. The van der Waals surface area contributed by atoms with Crippen molar-refractivity contribution in [3.63, 3.8) is 0 Å². The topological polar surface area (TPSA) is 58.2 Å².